The van der Waals surface area contributed by atoms with Gasteiger partial charge in [-0.3, -0.25) is 4.55 Å². The Labute approximate surface area is 213 Å². The number of hydrogen-bond donors (Lipinski definition) is 2. The molecule has 9 nitrogen and oxygen atoms in total. The third-order valence-electron chi connectivity index (χ3n) is 5.58. The van der Waals surface area contributed by atoms with Crippen LogP contribution in [0.25, 0.3) is 11.0 Å². The molecule has 3 aromatic rings. The van der Waals surface area contributed by atoms with Gasteiger partial charge >= 0.3 is 6.09 Å². The Bertz CT molecular complexity index is 1260. The molecular weight excluding hydrogens is 498 g/mol. The average Bonchev–Trinajstić information content (AvgIpc) is 3.15. The van der Waals surface area contributed by atoms with E-state index in [1.165, 1.54) is 0 Å². The van der Waals surface area contributed by atoms with E-state index in [1.807, 2.05) is 53.1 Å². The minimum absolute atomic E-state index is 0.164. The zero-order chi connectivity index (χ0) is 26.2. The van der Waals surface area contributed by atoms with E-state index in [-0.39, 0.29) is 25.6 Å². The van der Waals surface area contributed by atoms with E-state index < -0.39 is 24.3 Å². The molecule has 0 spiro atoms. The summed E-state index contributed by atoms with van der Waals surface area (Å²) in [7, 11) is -5.24. The molecule has 2 N–H and O–H groups in total. The quantitative estimate of drug-likeness (QED) is 0.187. The van der Waals surface area contributed by atoms with Crippen LogP contribution in [-0.2, 0) is 45.9 Å². The van der Waals surface area contributed by atoms with Crippen LogP contribution in [0.4, 0.5) is 4.79 Å². The summed E-state index contributed by atoms with van der Waals surface area (Å²) in [6.07, 6.45) is 0.270. The number of alkyl carbamates (subject to hydrolysis) is 1. The number of hydrogen-bond acceptors (Lipinski definition) is 6. The molecule has 0 saturated carbocycles. The van der Waals surface area contributed by atoms with Gasteiger partial charge in [-0.15, -0.1) is 0 Å². The van der Waals surface area contributed by atoms with Crippen LogP contribution in [0, 0.1) is 0 Å². The third kappa shape index (κ3) is 9.38. The molecule has 3 rings (SSSR count). The van der Waals surface area contributed by atoms with Gasteiger partial charge in [0, 0.05) is 14.7 Å². The highest BCUT2D eigenvalue weighted by molar-refractivity contribution is 7.85. The second-order valence-corrected chi connectivity index (χ2v) is 17.1. The topological polar surface area (TPSA) is 120 Å². The fourth-order valence-corrected chi connectivity index (χ4v) is 4.84. The molecule has 36 heavy (non-hydrogen) atoms. The molecule has 1 amide bonds. The van der Waals surface area contributed by atoms with Crippen LogP contribution in [0.2, 0.25) is 25.7 Å². The van der Waals surface area contributed by atoms with E-state index in [1.54, 1.807) is 0 Å². The van der Waals surface area contributed by atoms with Crippen LogP contribution in [0.5, 0.6) is 0 Å². The third-order valence-corrected chi connectivity index (χ3v) is 8.09. The first-order valence-electron chi connectivity index (χ1n) is 12.0. The largest absolute Gasteiger partial charge is 0.445 e. The van der Waals surface area contributed by atoms with Gasteiger partial charge in [-0.05, 0) is 42.1 Å². The van der Waals surface area contributed by atoms with Crippen molar-refractivity contribution >= 4 is 35.3 Å². The Balaban J connectivity index is 1.70. The fourth-order valence-electron chi connectivity index (χ4n) is 3.57. The van der Waals surface area contributed by atoms with Crippen LogP contribution in [0.1, 0.15) is 23.4 Å². The molecule has 0 unspecified atom stereocenters. The van der Waals surface area contributed by atoms with Crippen molar-refractivity contribution in [1.82, 2.24) is 14.9 Å². The molecular formula is C25H35N3O6SSi. The Hall–Kier alpha value is -2.73. The number of amides is 1. The van der Waals surface area contributed by atoms with Gasteiger partial charge in [-0.25, -0.2) is 9.78 Å². The number of carbonyl (C=O) groups excluding carboxylic acids is 1. The van der Waals surface area contributed by atoms with Crippen molar-refractivity contribution in [2.75, 3.05) is 12.4 Å². The highest BCUT2D eigenvalue weighted by Gasteiger charge is 2.16. The lowest BCUT2D eigenvalue weighted by Gasteiger charge is -2.16. The first-order valence-corrected chi connectivity index (χ1v) is 17.3. The van der Waals surface area contributed by atoms with Crippen LogP contribution in [-0.4, -0.2) is 49.0 Å². The van der Waals surface area contributed by atoms with Gasteiger partial charge in [0.25, 0.3) is 10.1 Å². The van der Waals surface area contributed by atoms with Gasteiger partial charge < -0.3 is 19.4 Å². The van der Waals surface area contributed by atoms with Crippen molar-refractivity contribution in [2.45, 2.75) is 58.4 Å². The number of benzene rings is 2. The predicted octanol–water partition coefficient (Wildman–Crippen LogP) is 4.60. The summed E-state index contributed by atoms with van der Waals surface area (Å²) in [6, 6.07) is 16.2. The second kappa shape index (κ2) is 12.5. The normalized spacial score (nSPS) is 12.1. The standard InChI is InChI=1S/C25H35N3O6SSi/c1-36(2,3)15-13-33-19-28-23-16-20(10-7-14-35(30,31)32)11-12-22(23)27-24(28)17-26-25(29)34-18-21-8-5-4-6-9-21/h4-6,8-9,11-12,16H,7,10,13-15,17-19H2,1-3H3,(H,26,29)(H,30,31,32). The summed E-state index contributed by atoms with van der Waals surface area (Å²) in [5, 5.41) is 2.76. The smallest absolute Gasteiger partial charge is 0.407 e. The van der Waals surface area contributed by atoms with E-state index >= 15 is 0 Å². The minimum atomic E-state index is -3.99. The van der Waals surface area contributed by atoms with Crippen molar-refractivity contribution in [2.24, 2.45) is 0 Å². The molecule has 0 radical (unpaired) electrons. The van der Waals surface area contributed by atoms with Gasteiger partial charge in [0.15, 0.2) is 0 Å². The maximum absolute atomic E-state index is 12.3. The molecule has 0 aliphatic carbocycles. The molecule has 0 fully saturated rings. The van der Waals surface area contributed by atoms with Gasteiger partial charge in [0.1, 0.15) is 19.2 Å². The summed E-state index contributed by atoms with van der Waals surface area (Å²) >= 11 is 0. The number of rotatable bonds is 13. The average molecular weight is 534 g/mol. The van der Waals surface area contributed by atoms with E-state index in [4.69, 9.17) is 14.0 Å². The number of nitrogens with zero attached hydrogens (tertiary/aromatic N) is 2. The Morgan fingerprint density at radius 2 is 1.86 bits per heavy atom. The van der Waals surface area contributed by atoms with Crippen LogP contribution in [0.3, 0.4) is 0 Å². The monoisotopic (exact) mass is 533 g/mol. The van der Waals surface area contributed by atoms with Crippen molar-refractivity contribution in [3.63, 3.8) is 0 Å². The maximum Gasteiger partial charge on any atom is 0.407 e. The van der Waals surface area contributed by atoms with Gasteiger partial charge in [0.2, 0.25) is 0 Å². The Morgan fingerprint density at radius 1 is 1.11 bits per heavy atom. The number of aryl methyl sites for hydroxylation is 1. The molecule has 196 valence electrons. The lowest BCUT2D eigenvalue weighted by molar-refractivity contribution is 0.0873. The van der Waals surface area contributed by atoms with E-state index in [9.17, 15) is 13.2 Å². The number of ether oxygens (including phenoxy) is 2. The molecule has 0 aliphatic rings. The predicted molar refractivity (Wildman–Crippen MR) is 142 cm³/mol. The van der Waals surface area contributed by atoms with Crippen LogP contribution < -0.4 is 5.32 Å². The van der Waals surface area contributed by atoms with Gasteiger partial charge in [0.05, 0.1) is 23.3 Å². The fraction of sp³-hybridized carbons (Fsp3) is 0.440. The first kappa shape index (κ1) is 27.8. The molecule has 0 saturated heterocycles. The lowest BCUT2D eigenvalue weighted by atomic mass is 10.1. The molecule has 11 heteroatoms. The molecule has 2 aromatic carbocycles. The van der Waals surface area contributed by atoms with E-state index in [2.05, 4.69) is 29.9 Å². The highest BCUT2D eigenvalue weighted by atomic mass is 32.2. The summed E-state index contributed by atoms with van der Waals surface area (Å²) in [5.74, 6) is 0.342. The summed E-state index contributed by atoms with van der Waals surface area (Å²) in [6.45, 7) is 8.13. The first-order chi connectivity index (χ1) is 17.0. The van der Waals surface area contributed by atoms with Crippen LogP contribution in [0.15, 0.2) is 48.5 Å². The molecule has 1 heterocycles. The summed E-state index contributed by atoms with van der Waals surface area (Å²) in [4.78, 5) is 17.0. The Kier molecular flexibility index (Phi) is 9.66. The molecule has 0 bridgehead atoms. The Morgan fingerprint density at radius 3 is 2.56 bits per heavy atom. The molecule has 0 aliphatic heterocycles. The van der Waals surface area contributed by atoms with Crippen molar-refractivity contribution in [3.8, 4) is 0 Å². The van der Waals surface area contributed by atoms with Crippen molar-refractivity contribution in [3.05, 3.63) is 65.5 Å². The SMILES string of the molecule is C[Si](C)(C)CCOCn1c(CNC(=O)OCc2ccccc2)nc2ccc(CCCS(=O)(=O)O)cc21. The number of imidazole rings is 1. The van der Waals surface area contributed by atoms with Gasteiger partial charge in [-0.1, -0.05) is 56.0 Å². The number of nitrogens with one attached hydrogen (secondary N) is 1. The second-order valence-electron chi connectivity index (χ2n) is 9.93. The minimum Gasteiger partial charge on any atom is -0.445 e. The summed E-state index contributed by atoms with van der Waals surface area (Å²) < 4.78 is 44.3. The van der Waals surface area contributed by atoms with Crippen molar-refractivity contribution in [1.29, 1.82) is 0 Å². The number of fused-ring (bicyclic) bond motifs is 1. The summed E-state index contributed by atoms with van der Waals surface area (Å²) in [5.41, 5.74) is 3.41. The highest BCUT2D eigenvalue weighted by Crippen LogP contribution is 2.20. The van der Waals surface area contributed by atoms with E-state index in [0.717, 1.165) is 28.2 Å². The van der Waals surface area contributed by atoms with Crippen LogP contribution >= 0.6 is 0 Å². The van der Waals surface area contributed by atoms with Crippen molar-refractivity contribution < 1.29 is 27.2 Å². The van der Waals surface area contributed by atoms with E-state index in [0.29, 0.717) is 25.3 Å². The molecule has 1 aromatic heterocycles. The zero-order valence-corrected chi connectivity index (χ0v) is 22.9. The van der Waals surface area contributed by atoms with Gasteiger partial charge in [-0.2, -0.15) is 8.42 Å². The lowest BCUT2D eigenvalue weighted by Crippen LogP contribution is -2.26. The maximum atomic E-state index is 12.3. The number of carbonyl (C=O) groups is 1. The number of aromatic nitrogens is 2. The molecule has 0 atom stereocenters. The zero-order valence-electron chi connectivity index (χ0n) is 21.1.